The number of Topliss-reactive ketones (excluding diaryl/α,β-unsaturated/α-hetero) is 1. The third-order valence-electron chi connectivity index (χ3n) is 5.05. The molecule has 3 aromatic rings. The first-order valence-electron chi connectivity index (χ1n) is 9.10. The Labute approximate surface area is 187 Å². The number of nitrogen functional groups attached to an aromatic ring is 1. The van der Waals surface area contributed by atoms with Gasteiger partial charge in [-0.15, -0.1) is 11.3 Å². The number of fused-ring (bicyclic) bond motifs is 1. The van der Waals surface area contributed by atoms with Crippen LogP contribution in [0, 0.1) is 0 Å². The number of halogens is 2. The molecule has 1 aliphatic rings. The summed E-state index contributed by atoms with van der Waals surface area (Å²) in [5.41, 5.74) is 10.1. The number of aromatic nitrogens is 1. The molecule has 2 aromatic heterocycles. The van der Waals surface area contributed by atoms with E-state index in [4.69, 9.17) is 28.9 Å². The minimum atomic E-state index is -0.404. The van der Waals surface area contributed by atoms with Crippen LogP contribution in [0.25, 0.3) is 0 Å². The molecule has 30 heavy (non-hydrogen) atoms. The number of anilines is 2. The number of hydrogen-bond donors (Lipinski definition) is 2. The summed E-state index contributed by atoms with van der Waals surface area (Å²) in [6.07, 6.45) is 3.39. The lowest BCUT2D eigenvalue weighted by molar-refractivity contribution is -0.113. The Morgan fingerprint density at radius 3 is 2.60 bits per heavy atom. The molecule has 3 heterocycles. The van der Waals surface area contributed by atoms with Crippen molar-refractivity contribution in [1.82, 2.24) is 4.98 Å². The van der Waals surface area contributed by atoms with Gasteiger partial charge in [-0.2, -0.15) is 0 Å². The normalized spacial score (nSPS) is 15.5. The van der Waals surface area contributed by atoms with Crippen LogP contribution in [0.1, 0.15) is 46.1 Å². The fourth-order valence-corrected chi connectivity index (χ4v) is 5.19. The van der Waals surface area contributed by atoms with Crippen LogP contribution in [0.2, 0.25) is 10.0 Å². The van der Waals surface area contributed by atoms with E-state index in [9.17, 15) is 9.59 Å². The summed E-state index contributed by atoms with van der Waals surface area (Å²) >= 11 is 13.3. The van der Waals surface area contributed by atoms with Crippen LogP contribution in [0.15, 0.2) is 54.0 Å². The fraction of sp³-hybridized carbons (Fsp3) is 0.136. The molecule has 0 aliphatic carbocycles. The minimum Gasteiger partial charge on any atom is -0.397 e. The predicted molar refractivity (Wildman–Crippen MR) is 122 cm³/mol. The van der Waals surface area contributed by atoms with Gasteiger partial charge < -0.3 is 11.1 Å². The lowest BCUT2D eigenvalue weighted by Gasteiger charge is -2.28. The van der Waals surface area contributed by atoms with Crippen LogP contribution in [0.3, 0.4) is 0 Å². The van der Waals surface area contributed by atoms with Gasteiger partial charge in [0.1, 0.15) is 4.88 Å². The monoisotopic (exact) mass is 457 g/mol. The van der Waals surface area contributed by atoms with Crippen molar-refractivity contribution in [3.05, 3.63) is 85.6 Å². The van der Waals surface area contributed by atoms with E-state index in [1.165, 1.54) is 24.3 Å². The zero-order valence-corrected chi connectivity index (χ0v) is 18.5. The molecule has 1 aliphatic heterocycles. The Kier molecular flexibility index (Phi) is 5.40. The minimum absolute atomic E-state index is 0.0672. The summed E-state index contributed by atoms with van der Waals surface area (Å²) in [7, 11) is 0. The summed E-state index contributed by atoms with van der Waals surface area (Å²) in [6, 6.07) is 8.44. The summed E-state index contributed by atoms with van der Waals surface area (Å²) in [6.45, 7) is 3.37. The Hall–Kier alpha value is -2.67. The van der Waals surface area contributed by atoms with Crippen molar-refractivity contribution in [2.24, 2.45) is 0 Å². The highest BCUT2D eigenvalue weighted by Gasteiger charge is 2.36. The maximum Gasteiger partial charge on any atom is 0.205 e. The lowest BCUT2D eigenvalue weighted by atomic mass is 9.81. The van der Waals surface area contributed by atoms with Crippen LogP contribution >= 0.6 is 34.5 Å². The van der Waals surface area contributed by atoms with Gasteiger partial charge in [0.15, 0.2) is 5.78 Å². The molecule has 3 N–H and O–H groups in total. The van der Waals surface area contributed by atoms with Gasteiger partial charge in [-0.25, -0.2) is 0 Å². The van der Waals surface area contributed by atoms with Crippen molar-refractivity contribution in [2.45, 2.75) is 19.8 Å². The molecular formula is C22H17Cl2N3O2S. The second-order valence-corrected chi connectivity index (χ2v) is 8.82. The van der Waals surface area contributed by atoms with Crippen LogP contribution < -0.4 is 11.1 Å². The molecule has 8 heteroatoms. The fourth-order valence-electron chi connectivity index (χ4n) is 3.72. The maximum atomic E-state index is 13.2. The molecule has 0 saturated heterocycles. The molecule has 0 saturated carbocycles. The smallest absolute Gasteiger partial charge is 0.205 e. The van der Waals surface area contributed by atoms with Crippen LogP contribution in [0.4, 0.5) is 10.7 Å². The average Bonchev–Trinajstić information content (AvgIpc) is 3.04. The number of nitrogens with two attached hydrogens (primary N) is 1. The summed E-state index contributed by atoms with van der Waals surface area (Å²) < 4.78 is 0. The van der Waals surface area contributed by atoms with Gasteiger partial charge in [0.05, 0.1) is 20.7 Å². The van der Waals surface area contributed by atoms with E-state index in [2.05, 4.69) is 10.3 Å². The van der Waals surface area contributed by atoms with Crippen molar-refractivity contribution in [2.75, 3.05) is 11.1 Å². The zero-order valence-electron chi connectivity index (χ0n) is 16.1. The third kappa shape index (κ3) is 3.41. The Bertz CT molecular complexity index is 1220. The first kappa shape index (κ1) is 20.6. The van der Waals surface area contributed by atoms with Crippen molar-refractivity contribution in [3.63, 3.8) is 0 Å². The Morgan fingerprint density at radius 1 is 1.20 bits per heavy atom. The van der Waals surface area contributed by atoms with E-state index in [0.29, 0.717) is 37.3 Å². The number of ketones is 2. The van der Waals surface area contributed by atoms with E-state index in [1.807, 2.05) is 19.1 Å². The van der Waals surface area contributed by atoms with Gasteiger partial charge in [0.25, 0.3) is 0 Å². The standard InChI is InChI=1S/C22H17Cl2N3O2S/c1-10-16(11(2)28)17(13-4-3-7-26-9-13)18-19(25)21(30-22(18)27-10)20(29)12-5-6-14(23)15(24)8-12/h3-9,17,27H,25H2,1-2H3/t17-/m1/s1. The van der Waals surface area contributed by atoms with Gasteiger partial charge in [-0.3, -0.25) is 14.6 Å². The van der Waals surface area contributed by atoms with Crippen molar-refractivity contribution < 1.29 is 9.59 Å². The topological polar surface area (TPSA) is 85.1 Å². The number of pyridine rings is 1. The molecular weight excluding hydrogens is 441 g/mol. The number of thiophene rings is 1. The Morgan fingerprint density at radius 2 is 1.97 bits per heavy atom. The summed E-state index contributed by atoms with van der Waals surface area (Å²) in [4.78, 5) is 30.3. The molecule has 1 aromatic carbocycles. The highest BCUT2D eigenvalue weighted by molar-refractivity contribution is 7.19. The number of benzene rings is 1. The van der Waals surface area contributed by atoms with E-state index in [1.54, 1.807) is 24.5 Å². The molecule has 0 radical (unpaired) electrons. The number of nitrogens with zero attached hydrogens (tertiary/aromatic N) is 1. The molecule has 5 nitrogen and oxygen atoms in total. The summed E-state index contributed by atoms with van der Waals surface area (Å²) in [5.74, 6) is -0.722. The average molecular weight is 458 g/mol. The van der Waals surface area contributed by atoms with Gasteiger partial charge >= 0.3 is 0 Å². The van der Waals surface area contributed by atoms with Gasteiger partial charge in [-0.05, 0) is 43.7 Å². The van der Waals surface area contributed by atoms with Gasteiger partial charge in [0.2, 0.25) is 5.78 Å². The first-order chi connectivity index (χ1) is 14.3. The highest BCUT2D eigenvalue weighted by Crippen LogP contribution is 2.50. The maximum absolute atomic E-state index is 13.2. The third-order valence-corrected chi connectivity index (χ3v) is 6.93. The number of carbonyl (C=O) groups is 2. The van der Waals surface area contributed by atoms with E-state index in [-0.39, 0.29) is 11.6 Å². The number of nitrogens with one attached hydrogen (secondary N) is 1. The molecule has 0 spiro atoms. The van der Waals surface area contributed by atoms with Crippen molar-refractivity contribution >= 4 is 56.8 Å². The second kappa shape index (κ2) is 7.87. The highest BCUT2D eigenvalue weighted by atomic mass is 35.5. The van der Waals surface area contributed by atoms with Crippen molar-refractivity contribution in [3.8, 4) is 0 Å². The van der Waals surface area contributed by atoms with E-state index in [0.717, 1.165) is 16.3 Å². The second-order valence-electron chi connectivity index (χ2n) is 6.98. The number of carbonyl (C=O) groups excluding carboxylic acids is 2. The SMILES string of the molecule is CC(=O)C1=C(C)Nc2sc(C(=O)c3ccc(Cl)c(Cl)c3)c(N)c2[C@@H]1c1cccnc1. The number of rotatable bonds is 4. The molecule has 0 unspecified atom stereocenters. The molecule has 0 fully saturated rings. The largest absolute Gasteiger partial charge is 0.397 e. The van der Waals surface area contributed by atoms with Gasteiger partial charge in [0, 0.05) is 40.7 Å². The van der Waals surface area contributed by atoms with E-state index >= 15 is 0 Å². The number of hydrogen-bond acceptors (Lipinski definition) is 6. The molecule has 0 bridgehead atoms. The van der Waals surface area contributed by atoms with E-state index < -0.39 is 5.92 Å². The molecule has 4 rings (SSSR count). The predicted octanol–water partition coefficient (Wildman–Crippen LogP) is 5.68. The molecule has 152 valence electrons. The van der Waals surface area contributed by atoms with Crippen LogP contribution in [0.5, 0.6) is 0 Å². The van der Waals surface area contributed by atoms with Crippen molar-refractivity contribution in [1.29, 1.82) is 0 Å². The molecule has 0 amide bonds. The zero-order chi connectivity index (χ0) is 21.6. The quantitative estimate of drug-likeness (QED) is 0.491. The van der Waals surface area contributed by atoms with Gasteiger partial charge in [-0.1, -0.05) is 29.3 Å². The summed E-state index contributed by atoms with van der Waals surface area (Å²) in [5, 5.41) is 4.67. The lowest BCUT2D eigenvalue weighted by Crippen LogP contribution is -2.21. The van der Waals surface area contributed by atoms with Crippen LogP contribution in [-0.4, -0.2) is 16.6 Å². The number of allylic oxidation sites excluding steroid dienone is 2. The first-order valence-corrected chi connectivity index (χ1v) is 10.7. The van der Waals surface area contributed by atoms with Crippen LogP contribution in [-0.2, 0) is 4.79 Å². The Balaban J connectivity index is 1.88. The molecule has 1 atom stereocenters.